The zero-order valence-corrected chi connectivity index (χ0v) is 15.6. The molecule has 2 atom stereocenters. The lowest BCUT2D eigenvalue weighted by Gasteiger charge is -2.23. The second-order valence-electron chi connectivity index (χ2n) is 6.14. The van der Waals surface area contributed by atoms with Gasteiger partial charge in [0.2, 0.25) is 0 Å². The first-order valence-corrected chi connectivity index (χ1v) is 9.21. The first-order chi connectivity index (χ1) is 11.6. The molecule has 1 aromatic carbocycles. The number of hydrogen-bond acceptors (Lipinski definition) is 5. The molecule has 0 saturated carbocycles. The Hall–Kier alpha value is -1.84. The highest BCUT2D eigenvalue weighted by Crippen LogP contribution is 2.27. The molecule has 2 aromatic rings. The molecule has 0 bridgehead atoms. The summed E-state index contributed by atoms with van der Waals surface area (Å²) < 4.78 is 2.19. The fraction of sp³-hybridized carbons (Fsp3) is 0.500. The molecule has 0 amide bonds. The molecule has 5 nitrogen and oxygen atoms in total. The summed E-state index contributed by atoms with van der Waals surface area (Å²) >= 11 is 1.61. The van der Waals surface area contributed by atoms with Gasteiger partial charge in [-0.1, -0.05) is 49.0 Å². The maximum absolute atomic E-state index is 9.01. The van der Waals surface area contributed by atoms with Gasteiger partial charge in [-0.25, -0.2) is 0 Å². The molecular formula is C18H25N5S. The molecule has 1 aromatic heterocycles. The predicted molar refractivity (Wildman–Crippen MR) is 97.8 cm³/mol. The standard InChI is InChI=1S/C18H25N5S/c1-5-16(22(3)4)17-20-21-18(24-13-14(2)11-19)23(17)12-15-9-7-6-8-10-15/h6-10,14,16H,5,12-13H2,1-4H3/t14-,16+/m1/s1. The molecule has 0 radical (unpaired) electrons. The molecule has 128 valence electrons. The van der Waals surface area contributed by atoms with E-state index in [1.165, 1.54) is 5.56 Å². The van der Waals surface area contributed by atoms with Gasteiger partial charge < -0.3 is 4.57 Å². The van der Waals surface area contributed by atoms with Crippen molar-refractivity contribution in [3.63, 3.8) is 0 Å². The lowest BCUT2D eigenvalue weighted by molar-refractivity contribution is 0.272. The molecule has 0 unspecified atom stereocenters. The van der Waals surface area contributed by atoms with Crippen LogP contribution in [0.4, 0.5) is 0 Å². The van der Waals surface area contributed by atoms with Crippen LogP contribution in [0.25, 0.3) is 0 Å². The van der Waals surface area contributed by atoms with E-state index in [4.69, 9.17) is 5.26 Å². The van der Waals surface area contributed by atoms with Crippen molar-refractivity contribution >= 4 is 11.8 Å². The largest absolute Gasteiger partial charge is 0.300 e. The Morgan fingerprint density at radius 2 is 1.96 bits per heavy atom. The van der Waals surface area contributed by atoms with Crippen molar-refractivity contribution in [3.8, 4) is 6.07 Å². The Kier molecular flexibility index (Phi) is 6.83. The van der Waals surface area contributed by atoms with Crippen molar-refractivity contribution in [1.29, 1.82) is 5.26 Å². The zero-order chi connectivity index (χ0) is 17.5. The maximum Gasteiger partial charge on any atom is 0.191 e. The smallest absolute Gasteiger partial charge is 0.191 e. The van der Waals surface area contributed by atoms with E-state index >= 15 is 0 Å². The van der Waals surface area contributed by atoms with E-state index in [-0.39, 0.29) is 12.0 Å². The molecular weight excluding hydrogens is 318 g/mol. The summed E-state index contributed by atoms with van der Waals surface area (Å²) in [4.78, 5) is 2.18. The van der Waals surface area contributed by atoms with Crippen LogP contribution in [0.3, 0.4) is 0 Å². The second-order valence-corrected chi connectivity index (χ2v) is 7.13. The molecule has 0 spiro atoms. The van der Waals surface area contributed by atoms with E-state index in [9.17, 15) is 0 Å². The van der Waals surface area contributed by atoms with Crippen LogP contribution in [0.5, 0.6) is 0 Å². The molecule has 6 heteroatoms. The summed E-state index contributed by atoms with van der Waals surface area (Å²) in [5.74, 6) is 1.71. The second kappa shape index (κ2) is 8.86. The van der Waals surface area contributed by atoms with Crippen molar-refractivity contribution in [2.45, 2.75) is 38.0 Å². The summed E-state index contributed by atoms with van der Waals surface area (Å²) in [7, 11) is 4.14. The molecule has 0 fully saturated rings. The summed E-state index contributed by atoms with van der Waals surface area (Å²) in [6.07, 6.45) is 0.971. The summed E-state index contributed by atoms with van der Waals surface area (Å²) in [5, 5.41) is 18.8. The van der Waals surface area contributed by atoms with Crippen molar-refractivity contribution in [3.05, 3.63) is 41.7 Å². The maximum atomic E-state index is 9.01. The number of thioether (sulfide) groups is 1. The third-order valence-corrected chi connectivity index (χ3v) is 5.15. The molecule has 2 rings (SSSR count). The van der Waals surface area contributed by atoms with Gasteiger partial charge in [0, 0.05) is 5.75 Å². The van der Waals surface area contributed by atoms with Gasteiger partial charge in [-0.15, -0.1) is 10.2 Å². The number of aromatic nitrogens is 3. The van der Waals surface area contributed by atoms with Gasteiger partial charge in [0.05, 0.1) is 24.6 Å². The average molecular weight is 344 g/mol. The van der Waals surface area contributed by atoms with Gasteiger partial charge in [-0.3, -0.25) is 4.90 Å². The number of rotatable bonds is 8. The van der Waals surface area contributed by atoms with Gasteiger partial charge in [0.25, 0.3) is 0 Å². The van der Waals surface area contributed by atoms with Gasteiger partial charge in [0.1, 0.15) is 0 Å². The number of benzene rings is 1. The van der Waals surface area contributed by atoms with Crippen molar-refractivity contribution in [2.24, 2.45) is 5.92 Å². The van der Waals surface area contributed by atoms with Gasteiger partial charge >= 0.3 is 0 Å². The topological polar surface area (TPSA) is 57.7 Å². The molecule has 0 saturated heterocycles. The van der Waals surface area contributed by atoms with Crippen LogP contribution >= 0.6 is 11.8 Å². The Morgan fingerprint density at radius 3 is 2.54 bits per heavy atom. The SMILES string of the molecule is CC[C@@H](c1nnc(SC[C@H](C)C#N)n1Cc1ccccc1)N(C)C. The molecule has 1 heterocycles. The van der Waals surface area contributed by atoms with Gasteiger partial charge in [-0.05, 0) is 33.0 Å². The van der Waals surface area contributed by atoms with Crippen LogP contribution in [-0.2, 0) is 6.54 Å². The predicted octanol–water partition coefficient (Wildman–Crippen LogP) is 3.59. The summed E-state index contributed by atoms with van der Waals surface area (Å²) in [6.45, 7) is 4.84. The van der Waals surface area contributed by atoms with Crippen molar-refractivity contribution < 1.29 is 0 Å². The lowest BCUT2D eigenvalue weighted by Crippen LogP contribution is -2.23. The van der Waals surface area contributed by atoms with Crippen LogP contribution < -0.4 is 0 Å². The van der Waals surface area contributed by atoms with Crippen molar-refractivity contribution in [1.82, 2.24) is 19.7 Å². The fourth-order valence-corrected chi connectivity index (χ4v) is 3.47. The van der Waals surface area contributed by atoms with Gasteiger partial charge in [-0.2, -0.15) is 5.26 Å². The summed E-state index contributed by atoms with van der Waals surface area (Å²) in [5.41, 5.74) is 1.22. The average Bonchev–Trinajstić information content (AvgIpc) is 2.96. The van der Waals surface area contributed by atoms with E-state index in [2.05, 4.69) is 58.9 Å². The first kappa shape index (κ1) is 18.5. The van der Waals surface area contributed by atoms with E-state index in [1.807, 2.05) is 25.1 Å². The summed E-state index contributed by atoms with van der Waals surface area (Å²) in [6, 6.07) is 12.9. The quantitative estimate of drug-likeness (QED) is 0.686. The molecule has 0 aliphatic carbocycles. The van der Waals surface area contributed by atoms with E-state index in [0.717, 1.165) is 29.7 Å². The van der Waals surface area contributed by atoms with Crippen LogP contribution in [0.1, 0.15) is 37.7 Å². The fourth-order valence-electron chi connectivity index (χ4n) is 2.58. The first-order valence-electron chi connectivity index (χ1n) is 8.22. The van der Waals surface area contributed by atoms with E-state index in [1.54, 1.807) is 11.8 Å². The monoisotopic (exact) mass is 343 g/mol. The molecule has 0 aliphatic heterocycles. The molecule has 0 aliphatic rings. The van der Waals surface area contributed by atoms with Crippen LogP contribution in [0.2, 0.25) is 0 Å². The number of nitriles is 1. The third-order valence-electron chi connectivity index (χ3n) is 3.92. The van der Waals surface area contributed by atoms with Crippen LogP contribution in [0.15, 0.2) is 35.5 Å². The minimum atomic E-state index is -0.00357. The number of nitrogens with zero attached hydrogens (tertiary/aromatic N) is 5. The number of hydrogen-bond donors (Lipinski definition) is 0. The highest BCUT2D eigenvalue weighted by Gasteiger charge is 2.22. The van der Waals surface area contributed by atoms with Crippen LogP contribution in [0, 0.1) is 17.2 Å². The minimum Gasteiger partial charge on any atom is -0.300 e. The minimum absolute atomic E-state index is 0.00357. The van der Waals surface area contributed by atoms with Crippen molar-refractivity contribution in [2.75, 3.05) is 19.8 Å². The highest BCUT2D eigenvalue weighted by atomic mass is 32.2. The lowest BCUT2D eigenvalue weighted by atomic mass is 10.2. The highest BCUT2D eigenvalue weighted by molar-refractivity contribution is 7.99. The molecule has 0 N–H and O–H groups in total. The third kappa shape index (κ3) is 4.59. The Morgan fingerprint density at radius 1 is 1.25 bits per heavy atom. The Balaban J connectivity index is 2.33. The Bertz CT molecular complexity index is 674. The normalized spacial score (nSPS) is 13.7. The van der Waals surface area contributed by atoms with Gasteiger partial charge in [0.15, 0.2) is 11.0 Å². The zero-order valence-electron chi connectivity index (χ0n) is 14.8. The Labute approximate surface area is 148 Å². The van der Waals surface area contributed by atoms with E-state index in [0.29, 0.717) is 0 Å². The van der Waals surface area contributed by atoms with E-state index < -0.39 is 0 Å². The van der Waals surface area contributed by atoms with Crippen LogP contribution in [-0.4, -0.2) is 39.5 Å². The molecule has 24 heavy (non-hydrogen) atoms.